The molecule has 4 heteroatoms. The molecule has 1 aromatic carbocycles. The van der Waals surface area contributed by atoms with E-state index in [0.29, 0.717) is 15.7 Å². The maximum Gasteiger partial charge on any atom is 0.0653 e. The summed E-state index contributed by atoms with van der Waals surface area (Å²) in [6.45, 7) is 1.83. The van der Waals surface area contributed by atoms with E-state index in [4.69, 9.17) is 34.7 Å². The van der Waals surface area contributed by atoms with E-state index in [1.807, 2.05) is 6.92 Å². The lowest BCUT2D eigenvalue weighted by Gasteiger charge is -2.10. The Hall–Kier alpha value is -0.440. The third kappa shape index (κ3) is 1.83. The predicted octanol–water partition coefficient (Wildman–Crippen LogP) is 2.60. The molecule has 0 aliphatic rings. The van der Waals surface area contributed by atoms with Crippen molar-refractivity contribution < 1.29 is 0 Å². The summed E-state index contributed by atoms with van der Waals surface area (Å²) in [5.74, 6) is 0. The summed E-state index contributed by atoms with van der Waals surface area (Å²) < 4.78 is 0. The van der Waals surface area contributed by atoms with Crippen LogP contribution in [-0.4, -0.2) is 0 Å². The summed E-state index contributed by atoms with van der Waals surface area (Å²) in [5.41, 5.74) is 12.6. The Morgan fingerprint density at radius 1 is 1.33 bits per heavy atom. The largest absolute Gasteiger partial charge is 0.397 e. The van der Waals surface area contributed by atoms with Crippen LogP contribution in [0.1, 0.15) is 18.5 Å². The zero-order valence-electron chi connectivity index (χ0n) is 6.64. The average molecular weight is 205 g/mol. The van der Waals surface area contributed by atoms with E-state index in [1.54, 1.807) is 12.1 Å². The molecule has 0 aromatic heterocycles. The van der Waals surface area contributed by atoms with Gasteiger partial charge in [0.05, 0.1) is 10.7 Å². The van der Waals surface area contributed by atoms with Gasteiger partial charge in [0, 0.05) is 11.1 Å². The van der Waals surface area contributed by atoms with Gasteiger partial charge in [0.1, 0.15) is 0 Å². The summed E-state index contributed by atoms with van der Waals surface area (Å²) in [4.78, 5) is 0. The van der Waals surface area contributed by atoms with E-state index in [9.17, 15) is 0 Å². The second-order valence-corrected chi connectivity index (χ2v) is 3.52. The molecular weight excluding hydrogens is 195 g/mol. The van der Waals surface area contributed by atoms with Crippen molar-refractivity contribution in [3.8, 4) is 0 Å². The maximum absolute atomic E-state index is 5.80. The Morgan fingerprint density at radius 2 is 1.92 bits per heavy atom. The summed E-state index contributed by atoms with van der Waals surface area (Å²) in [6.07, 6.45) is 0. The molecule has 0 saturated carbocycles. The van der Waals surface area contributed by atoms with E-state index in [2.05, 4.69) is 0 Å². The fourth-order valence-electron chi connectivity index (χ4n) is 0.981. The molecule has 0 heterocycles. The minimum Gasteiger partial charge on any atom is -0.397 e. The van der Waals surface area contributed by atoms with Gasteiger partial charge < -0.3 is 11.5 Å². The molecule has 66 valence electrons. The number of nitrogen functional groups attached to an aromatic ring is 1. The van der Waals surface area contributed by atoms with E-state index in [-0.39, 0.29) is 6.04 Å². The first-order valence-corrected chi connectivity index (χ1v) is 4.28. The van der Waals surface area contributed by atoms with Crippen molar-refractivity contribution in [1.29, 1.82) is 0 Å². The van der Waals surface area contributed by atoms with Crippen molar-refractivity contribution in [2.45, 2.75) is 13.0 Å². The highest BCUT2D eigenvalue weighted by Crippen LogP contribution is 2.30. The van der Waals surface area contributed by atoms with Crippen LogP contribution in [0.4, 0.5) is 5.69 Å². The monoisotopic (exact) mass is 204 g/mol. The first-order valence-electron chi connectivity index (χ1n) is 3.52. The lowest BCUT2D eigenvalue weighted by Crippen LogP contribution is -2.08. The third-order valence-electron chi connectivity index (χ3n) is 1.62. The Labute approximate surface area is 81.4 Å². The van der Waals surface area contributed by atoms with Crippen LogP contribution in [0.15, 0.2) is 12.1 Å². The zero-order chi connectivity index (χ0) is 9.30. The quantitative estimate of drug-likeness (QED) is 0.692. The number of benzene rings is 1. The molecule has 0 aliphatic heterocycles. The van der Waals surface area contributed by atoms with Crippen molar-refractivity contribution in [3.63, 3.8) is 0 Å². The van der Waals surface area contributed by atoms with Crippen LogP contribution >= 0.6 is 23.2 Å². The number of hydrogen-bond donors (Lipinski definition) is 2. The minimum atomic E-state index is -0.152. The van der Waals surface area contributed by atoms with Crippen LogP contribution < -0.4 is 11.5 Å². The van der Waals surface area contributed by atoms with Crippen LogP contribution in [-0.2, 0) is 0 Å². The summed E-state index contributed by atoms with van der Waals surface area (Å²) >= 11 is 11.6. The molecule has 0 bridgehead atoms. The third-order valence-corrected chi connectivity index (χ3v) is 2.15. The molecule has 0 spiro atoms. The van der Waals surface area contributed by atoms with Crippen molar-refractivity contribution in [3.05, 3.63) is 27.7 Å². The van der Waals surface area contributed by atoms with E-state index in [1.165, 1.54) is 0 Å². The lowest BCUT2D eigenvalue weighted by molar-refractivity contribution is 0.821. The van der Waals surface area contributed by atoms with Gasteiger partial charge in [-0.25, -0.2) is 0 Å². The van der Waals surface area contributed by atoms with Gasteiger partial charge in [-0.05, 0) is 24.6 Å². The fourth-order valence-corrected chi connectivity index (χ4v) is 1.49. The van der Waals surface area contributed by atoms with Crippen molar-refractivity contribution in [1.82, 2.24) is 0 Å². The van der Waals surface area contributed by atoms with Gasteiger partial charge >= 0.3 is 0 Å². The second-order valence-electron chi connectivity index (χ2n) is 2.68. The molecule has 0 fully saturated rings. The number of anilines is 1. The van der Waals surface area contributed by atoms with Crippen molar-refractivity contribution in [2.75, 3.05) is 5.73 Å². The normalized spacial score (nSPS) is 13.0. The van der Waals surface area contributed by atoms with Gasteiger partial charge in [-0.3, -0.25) is 0 Å². The summed E-state index contributed by atoms with van der Waals surface area (Å²) in [6, 6.07) is 3.18. The SMILES string of the molecule is CC(N)c1cc(Cl)cc(Cl)c1N. The van der Waals surface area contributed by atoms with Crippen LogP contribution in [0.5, 0.6) is 0 Å². The smallest absolute Gasteiger partial charge is 0.0653 e. The fraction of sp³-hybridized carbons (Fsp3) is 0.250. The Bertz CT molecular complexity index is 297. The molecule has 12 heavy (non-hydrogen) atoms. The van der Waals surface area contributed by atoms with E-state index in [0.717, 1.165) is 5.56 Å². The van der Waals surface area contributed by atoms with Gasteiger partial charge in [0.25, 0.3) is 0 Å². The molecule has 0 aliphatic carbocycles. The molecule has 0 amide bonds. The van der Waals surface area contributed by atoms with Crippen molar-refractivity contribution in [2.24, 2.45) is 5.73 Å². The minimum absolute atomic E-state index is 0.152. The maximum atomic E-state index is 5.80. The molecule has 1 atom stereocenters. The lowest BCUT2D eigenvalue weighted by atomic mass is 10.1. The predicted molar refractivity (Wildman–Crippen MR) is 53.5 cm³/mol. The highest BCUT2D eigenvalue weighted by Gasteiger charge is 2.08. The molecule has 1 unspecified atom stereocenters. The number of nitrogens with two attached hydrogens (primary N) is 2. The molecule has 0 saturated heterocycles. The molecule has 4 N–H and O–H groups in total. The van der Waals surface area contributed by atoms with E-state index < -0.39 is 0 Å². The highest BCUT2D eigenvalue weighted by molar-refractivity contribution is 6.36. The Kier molecular flexibility index (Phi) is 2.83. The Balaban J connectivity index is 3.28. The Morgan fingerprint density at radius 3 is 2.42 bits per heavy atom. The topological polar surface area (TPSA) is 52.0 Å². The summed E-state index contributed by atoms with van der Waals surface area (Å²) in [5, 5.41) is 1.01. The van der Waals surface area contributed by atoms with Crippen LogP contribution in [0.3, 0.4) is 0 Å². The second kappa shape index (κ2) is 3.52. The summed E-state index contributed by atoms with van der Waals surface area (Å²) in [7, 11) is 0. The van der Waals surface area contributed by atoms with Gasteiger partial charge in [0.2, 0.25) is 0 Å². The molecule has 1 rings (SSSR count). The number of halogens is 2. The van der Waals surface area contributed by atoms with E-state index >= 15 is 0 Å². The molecule has 2 nitrogen and oxygen atoms in total. The van der Waals surface area contributed by atoms with Crippen LogP contribution in [0.25, 0.3) is 0 Å². The average Bonchev–Trinajstić information content (AvgIpc) is 1.96. The van der Waals surface area contributed by atoms with Crippen LogP contribution in [0.2, 0.25) is 10.0 Å². The molecular formula is C8H10Cl2N2. The van der Waals surface area contributed by atoms with Gasteiger partial charge in [-0.15, -0.1) is 0 Å². The van der Waals surface area contributed by atoms with Gasteiger partial charge in [-0.2, -0.15) is 0 Å². The molecule has 0 radical (unpaired) electrons. The zero-order valence-corrected chi connectivity index (χ0v) is 8.15. The van der Waals surface area contributed by atoms with Crippen LogP contribution in [0, 0.1) is 0 Å². The first kappa shape index (κ1) is 9.65. The first-order chi connectivity index (χ1) is 5.52. The molecule has 1 aromatic rings. The van der Waals surface area contributed by atoms with Gasteiger partial charge in [-0.1, -0.05) is 23.2 Å². The number of hydrogen-bond acceptors (Lipinski definition) is 2. The van der Waals surface area contributed by atoms with Gasteiger partial charge in [0.15, 0.2) is 0 Å². The number of rotatable bonds is 1. The van der Waals surface area contributed by atoms with Crippen molar-refractivity contribution >= 4 is 28.9 Å². The highest BCUT2D eigenvalue weighted by atomic mass is 35.5. The standard InChI is InChI=1S/C8H10Cl2N2/c1-4(11)6-2-5(9)3-7(10)8(6)12/h2-4H,11-12H2,1H3.